The van der Waals surface area contributed by atoms with Crippen LogP contribution in [0.15, 0.2) is 18.3 Å². The fourth-order valence-corrected chi connectivity index (χ4v) is 2.30. The summed E-state index contributed by atoms with van der Waals surface area (Å²) >= 11 is 0. The molecule has 1 aliphatic rings. The third kappa shape index (κ3) is 2.48. The summed E-state index contributed by atoms with van der Waals surface area (Å²) in [7, 11) is 0. The van der Waals surface area contributed by atoms with E-state index in [4.69, 9.17) is 5.73 Å². The number of hydrogen-bond donors (Lipinski definition) is 1. The third-order valence-corrected chi connectivity index (χ3v) is 3.18. The summed E-state index contributed by atoms with van der Waals surface area (Å²) in [4.78, 5) is 6.87. The molecule has 1 aromatic heterocycles. The number of likely N-dealkylation sites (tertiary alicyclic amines) is 1. The molecule has 2 rings (SSSR count). The maximum absolute atomic E-state index is 5.61. The number of pyridine rings is 1. The standard InChI is InChI=1S/C12H19N3/c1-2-12-4-3-7-15(12)9-11-6-5-10(13)8-14-11/h5-6,8,12H,2-4,7,9,13H2,1H3. The second kappa shape index (κ2) is 4.62. The molecule has 0 spiro atoms. The van der Waals surface area contributed by atoms with Crippen molar-refractivity contribution in [2.45, 2.75) is 38.8 Å². The Hall–Kier alpha value is -1.09. The molecule has 1 aromatic rings. The van der Waals surface area contributed by atoms with Gasteiger partial charge in [0.15, 0.2) is 0 Å². The van der Waals surface area contributed by atoms with Crippen LogP contribution in [0.3, 0.4) is 0 Å². The number of nitrogens with zero attached hydrogens (tertiary/aromatic N) is 2. The van der Waals surface area contributed by atoms with Crippen LogP contribution < -0.4 is 5.73 Å². The second-order valence-electron chi connectivity index (χ2n) is 4.26. The van der Waals surface area contributed by atoms with Gasteiger partial charge in [0.25, 0.3) is 0 Å². The predicted octanol–water partition coefficient (Wildman–Crippen LogP) is 2.04. The number of anilines is 1. The van der Waals surface area contributed by atoms with Crippen LogP contribution in [0.1, 0.15) is 31.9 Å². The van der Waals surface area contributed by atoms with E-state index >= 15 is 0 Å². The normalized spacial score (nSPS) is 22.1. The maximum atomic E-state index is 5.61. The smallest absolute Gasteiger partial charge is 0.0545 e. The molecule has 3 nitrogen and oxygen atoms in total. The van der Waals surface area contributed by atoms with E-state index in [9.17, 15) is 0 Å². The summed E-state index contributed by atoms with van der Waals surface area (Å²) in [5, 5.41) is 0. The minimum atomic E-state index is 0.743. The van der Waals surface area contributed by atoms with Gasteiger partial charge in [0.05, 0.1) is 17.6 Å². The Balaban J connectivity index is 1.99. The summed E-state index contributed by atoms with van der Waals surface area (Å²) in [6.07, 6.45) is 5.65. The van der Waals surface area contributed by atoms with E-state index in [1.807, 2.05) is 12.1 Å². The Labute approximate surface area is 91.3 Å². The monoisotopic (exact) mass is 205 g/mol. The van der Waals surface area contributed by atoms with Crippen LogP contribution in [0.2, 0.25) is 0 Å². The van der Waals surface area contributed by atoms with Crippen molar-refractivity contribution in [2.75, 3.05) is 12.3 Å². The lowest BCUT2D eigenvalue weighted by Crippen LogP contribution is -2.28. The highest BCUT2D eigenvalue weighted by Gasteiger charge is 2.22. The summed E-state index contributed by atoms with van der Waals surface area (Å²) in [5.41, 5.74) is 7.48. The minimum Gasteiger partial charge on any atom is -0.397 e. The molecule has 0 amide bonds. The van der Waals surface area contributed by atoms with E-state index in [2.05, 4.69) is 16.8 Å². The molecule has 0 saturated carbocycles. The van der Waals surface area contributed by atoms with Crippen LogP contribution in [0, 0.1) is 0 Å². The zero-order valence-electron chi connectivity index (χ0n) is 9.32. The van der Waals surface area contributed by atoms with Gasteiger partial charge in [-0.1, -0.05) is 6.92 Å². The van der Waals surface area contributed by atoms with E-state index < -0.39 is 0 Å². The molecular formula is C12H19N3. The number of hydrogen-bond acceptors (Lipinski definition) is 3. The van der Waals surface area contributed by atoms with E-state index in [0.717, 1.165) is 24.0 Å². The van der Waals surface area contributed by atoms with Crippen molar-refractivity contribution in [3.63, 3.8) is 0 Å². The Kier molecular flexibility index (Phi) is 3.21. The molecule has 3 heteroatoms. The molecule has 1 unspecified atom stereocenters. The van der Waals surface area contributed by atoms with Gasteiger partial charge in [-0.2, -0.15) is 0 Å². The Morgan fingerprint density at radius 3 is 3.07 bits per heavy atom. The van der Waals surface area contributed by atoms with Gasteiger partial charge in [0.2, 0.25) is 0 Å². The summed E-state index contributed by atoms with van der Waals surface area (Å²) in [6.45, 7) is 4.45. The highest BCUT2D eigenvalue weighted by molar-refractivity contribution is 5.34. The lowest BCUT2D eigenvalue weighted by Gasteiger charge is -2.22. The van der Waals surface area contributed by atoms with Gasteiger partial charge in [0.1, 0.15) is 0 Å². The van der Waals surface area contributed by atoms with Crippen molar-refractivity contribution in [3.8, 4) is 0 Å². The van der Waals surface area contributed by atoms with Crippen molar-refractivity contribution < 1.29 is 0 Å². The van der Waals surface area contributed by atoms with Crippen LogP contribution >= 0.6 is 0 Å². The largest absolute Gasteiger partial charge is 0.397 e. The van der Waals surface area contributed by atoms with E-state index in [1.165, 1.54) is 25.8 Å². The lowest BCUT2D eigenvalue weighted by atomic mass is 10.1. The first-order valence-corrected chi connectivity index (χ1v) is 5.74. The van der Waals surface area contributed by atoms with Crippen LogP contribution in [0.4, 0.5) is 5.69 Å². The van der Waals surface area contributed by atoms with Gasteiger partial charge in [-0.05, 0) is 37.9 Å². The van der Waals surface area contributed by atoms with Crippen molar-refractivity contribution in [2.24, 2.45) is 0 Å². The van der Waals surface area contributed by atoms with Gasteiger partial charge >= 0.3 is 0 Å². The molecule has 82 valence electrons. The SMILES string of the molecule is CCC1CCCN1Cc1ccc(N)cn1. The summed E-state index contributed by atoms with van der Waals surface area (Å²) in [6, 6.07) is 4.71. The summed E-state index contributed by atoms with van der Waals surface area (Å²) < 4.78 is 0. The Morgan fingerprint density at radius 1 is 1.53 bits per heavy atom. The fraction of sp³-hybridized carbons (Fsp3) is 0.583. The molecule has 0 aromatic carbocycles. The van der Waals surface area contributed by atoms with Crippen molar-refractivity contribution in [1.82, 2.24) is 9.88 Å². The molecule has 0 radical (unpaired) electrons. The molecule has 1 atom stereocenters. The lowest BCUT2D eigenvalue weighted by molar-refractivity contribution is 0.237. The Morgan fingerprint density at radius 2 is 2.40 bits per heavy atom. The fourth-order valence-electron chi connectivity index (χ4n) is 2.30. The van der Waals surface area contributed by atoms with E-state index in [-0.39, 0.29) is 0 Å². The van der Waals surface area contributed by atoms with Gasteiger partial charge < -0.3 is 5.73 Å². The minimum absolute atomic E-state index is 0.743. The highest BCUT2D eigenvalue weighted by atomic mass is 15.2. The van der Waals surface area contributed by atoms with Crippen molar-refractivity contribution in [3.05, 3.63) is 24.0 Å². The summed E-state index contributed by atoms with van der Waals surface area (Å²) in [5.74, 6) is 0. The van der Waals surface area contributed by atoms with Crippen LogP contribution in [-0.4, -0.2) is 22.5 Å². The topological polar surface area (TPSA) is 42.1 Å². The van der Waals surface area contributed by atoms with Crippen molar-refractivity contribution >= 4 is 5.69 Å². The third-order valence-electron chi connectivity index (χ3n) is 3.18. The molecule has 1 aliphatic heterocycles. The maximum Gasteiger partial charge on any atom is 0.0545 e. The molecule has 2 heterocycles. The number of rotatable bonds is 3. The average Bonchev–Trinajstić information content (AvgIpc) is 2.69. The van der Waals surface area contributed by atoms with E-state index in [0.29, 0.717) is 0 Å². The molecule has 0 aliphatic carbocycles. The van der Waals surface area contributed by atoms with Crippen LogP contribution in [0.5, 0.6) is 0 Å². The van der Waals surface area contributed by atoms with Crippen LogP contribution in [0.25, 0.3) is 0 Å². The number of nitrogen functional groups attached to an aromatic ring is 1. The zero-order valence-corrected chi connectivity index (χ0v) is 9.32. The highest BCUT2D eigenvalue weighted by Crippen LogP contribution is 2.21. The van der Waals surface area contributed by atoms with Gasteiger partial charge in [-0.25, -0.2) is 0 Å². The number of aromatic nitrogens is 1. The molecule has 15 heavy (non-hydrogen) atoms. The zero-order chi connectivity index (χ0) is 10.7. The molecule has 1 fully saturated rings. The second-order valence-corrected chi connectivity index (χ2v) is 4.26. The molecule has 0 bridgehead atoms. The molecule has 2 N–H and O–H groups in total. The van der Waals surface area contributed by atoms with Gasteiger partial charge in [-0.15, -0.1) is 0 Å². The first-order valence-electron chi connectivity index (χ1n) is 5.74. The molecule has 1 saturated heterocycles. The predicted molar refractivity (Wildman–Crippen MR) is 62.4 cm³/mol. The van der Waals surface area contributed by atoms with Crippen LogP contribution in [-0.2, 0) is 6.54 Å². The van der Waals surface area contributed by atoms with Gasteiger partial charge in [0, 0.05) is 12.6 Å². The molecular weight excluding hydrogens is 186 g/mol. The number of nitrogens with two attached hydrogens (primary N) is 1. The van der Waals surface area contributed by atoms with Crippen molar-refractivity contribution in [1.29, 1.82) is 0 Å². The first-order chi connectivity index (χ1) is 7.29. The first kappa shape index (κ1) is 10.4. The van der Waals surface area contributed by atoms with E-state index in [1.54, 1.807) is 6.20 Å². The average molecular weight is 205 g/mol. The van der Waals surface area contributed by atoms with Gasteiger partial charge in [-0.3, -0.25) is 9.88 Å². The quantitative estimate of drug-likeness (QED) is 0.821. The Bertz CT molecular complexity index is 307.